The third kappa shape index (κ3) is 3.07. The summed E-state index contributed by atoms with van der Waals surface area (Å²) in [5.74, 6) is 0. The molecular formula is C11H16N2O2. The summed E-state index contributed by atoms with van der Waals surface area (Å²) in [5, 5.41) is 8.59. The Morgan fingerprint density at radius 2 is 2.07 bits per heavy atom. The Morgan fingerprint density at radius 1 is 1.40 bits per heavy atom. The normalized spacial score (nSPS) is 33.6. The molecule has 1 aliphatic rings. The highest BCUT2D eigenvalue weighted by atomic mass is 16.5. The van der Waals surface area contributed by atoms with E-state index in [1.54, 1.807) is 12.3 Å². The number of aliphatic imine (C=N–C) groups is 1. The highest BCUT2D eigenvalue weighted by Crippen LogP contribution is 2.43. The quantitative estimate of drug-likeness (QED) is 0.397. The van der Waals surface area contributed by atoms with E-state index in [4.69, 9.17) is 10.00 Å². The first-order valence-electron chi connectivity index (χ1n) is 5.05. The van der Waals surface area contributed by atoms with Crippen LogP contribution in [0.1, 0.15) is 40.0 Å². The molecule has 0 aromatic heterocycles. The van der Waals surface area contributed by atoms with Gasteiger partial charge in [-0.3, -0.25) is 0 Å². The second-order valence-corrected chi connectivity index (χ2v) is 5.27. The first-order chi connectivity index (χ1) is 6.91. The van der Waals surface area contributed by atoms with Crippen LogP contribution in [0, 0.1) is 16.9 Å². The van der Waals surface area contributed by atoms with E-state index in [0.29, 0.717) is 6.42 Å². The third-order valence-corrected chi connectivity index (χ3v) is 2.84. The Labute approximate surface area is 89.9 Å². The van der Waals surface area contributed by atoms with Crippen molar-refractivity contribution in [3.63, 3.8) is 0 Å². The predicted octanol–water partition coefficient (Wildman–Crippen LogP) is 2.16. The summed E-state index contributed by atoms with van der Waals surface area (Å²) in [7, 11) is 0. The van der Waals surface area contributed by atoms with Gasteiger partial charge in [-0.25, -0.2) is 9.79 Å². The second kappa shape index (κ2) is 4.04. The van der Waals surface area contributed by atoms with Crippen molar-refractivity contribution >= 4 is 6.08 Å². The molecule has 0 saturated heterocycles. The zero-order chi connectivity index (χ0) is 11.5. The van der Waals surface area contributed by atoms with Crippen molar-refractivity contribution in [2.75, 3.05) is 0 Å². The summed E-state index contributed by atoms with van der Waals surface area (Å²) in [6.45, 7) is 6.08. The molecule has 1 fully saturated rings. The van der Waals surface area contributed by atoms with Crippen molar-refractivity contribution in [1.82, 2.24) is 0 Å². The number of carbonyl (C=O) groups excluding carboxylic acids is 1. The average molecular weight is 208 g/mol. The highest BCUT2D eigenvalue weighted by Gasteiger charge is 2.43. The Morgan fingerprint density at radius 3 is 2.60 bits per heavy atom. The maximum absolute atomic E-state index is 10.3. The molecule has 1 aliphatic carbocycles. The zero-order valence-corrected chi connectivity index (χ0v) is 9.41. The van der Waals surface area contributed by atoms with Crippen LogP contribution in [0.25, 0.3) is 0 Å². The van der Waals surface area contributed by atoms with Crippen molar-refractivity contribution in [1.29, 1.82) is 5.26 Å². The number of hydrogen-bond acceptors (Lipinski definition) is 4. The van der Waals surface area contributed by atoms with Gasteiger partial charge in [0.1, 0.15) is 5.60 Å². The molecule has 0 aromatic carbocycles. The molecule has 2 unspecified atom stereocenters. The summed E-state index contributed by atoms with van der Waals surface area (Å²) in [4.78, 5) is 14.0. The zero-order valence-electron chi connectivity index (χ0n) is 9.41. The molecule has 1 saturated carbocycles. The van der Waals surface area contributed by atoms with Crippen LogP contribution in [0.15, 0.2) is 4.99 Å². The minimum Gasteiger partial charge on any atom is -0.421 e. The van der Waals surface area contributed by atoms with Gasteiger partial charge in [-0.1, -0.05) is 13.8 Å². The van der Waals surface area contributed by atoms with Crippen LogP contribution in [0.4, 0.5) is 0 Å². The SMILES string of the molecule is CC1(C)CC(N=C=O)CC(C)(OC#N)C1. The Kier molecular flexibility index (Phi) is 3.16. The molecule has 82 valence electrons. The van der Waals surface area contributed by atoms with E-state index in [1.807, 2.05) is 6.92 Å². The molecule has 4 nitrogen and oxygen atoms in total. The first-order valence-corrected chi connectivity index (χ1v) is 5.05. The van der Waals surface area contributed by atoms with Crippen LogP contribution in [0.3, 0.4) is 0 Å². The van der Waals surface area contributed by atoms with Crippen molar-refractivity contribution in [2.24, 2.45) is 10.4 Å². The van der Waals surface area contributed by atoms with Gasteiger partial charge in [-0.05, 0) is 25.2 Å². The van der Waals surface area contributed by atoms with Gasteiger partial charge in [0, 0.05) is 6.42 Å². The molecule has 4 heteroatoms. The monoisotopic (exact) mass is 208 g/mol. The molecule has 1 rings (SSSR count). The van der Waals surface area contributed by atoms with E-state index >= 15 is 0 Å². The third-order valence-electron chi connectivity index (χ3n) is 2.84. The van der Waals surface area contributed by atoms with Gasteiger partial charge in [-0.2, -0.15) is 5.26 Å². The minimum atomic E-state index is -0.498. The fourth-order valence-corrected chi connectivity index (χ4v) is 2.72. The van der Waals surface area contributed by atoms with Crippen LogP contribution in [-0.2, 0) is 9.53 Å². The van der Waals surface area contributed by atoms with E-state index in [0.717, 1.165) is 12.8 Å². The molecular weight excluding hydrogens is 192 g/mol. The number of isocyanates is 1. The van der Waals surface area contributed by atoms with Gasteiger partial charge in [0.15, 0.2) is 0 Å². The molecule has 0 heterocycles. The maximum Gasteiger partial charge on any atom is 0.286 e. The van der Waals surface area contributed by atoms with Crippen molar-refractivity contribution in [2.45, 2.75) is 51.7 Å². The lowest BCUT2D eigenvalue weighted by Crippen LogP contribution is -2.43. The molecule has 0 aromatic rings. The molecule has 0 radical (unpaired) electrons. The smallest absolute Gasteiger partial charge is 0.286 e. The number of rotatable bonds is 2. The van der Waals surface area contributed by atoms with Gasteiger partial charge in [0.2, 0.25) is 6.08 Å². The van der Waals surface area contributed by atoms with Crippen molar-refractivity contribution < 1.29 is 9.53 Å². The molecule has 0 bridgehead atoms. The lowest BCUT2D eigenvalue weighted by Gasteiger charge is -2.42. The van der Waals surface area contributed by atoms with E-state index in [9.17, 15) is 4.79 Å². The summed E-state index contributed by atoms with van der Waals surface area (Å²) in [6.07, 6.45) is 5.58. The molecule has 15 heavy (non-hydrogen) atoms. The number of hydrogen-bond donors (Lipinski definition) is 0. The summed E-state index contributed by atoms with van der Waals surface area (Å²) >= 11 is 0. The summed E-state index contributed by atoms with van der Waals surface area (Å²) < 4.78 is 5.10. The van der Waals surface area contributed by atoms with Gasteiger partial charge in [-0.15, -0.1) is 0 Å². The van der Waals surface area contributed by atoms with Gasteiger partial charge in [0.25, 0.3) is 6.26 Å². The van der Waals surface area contributed by atoms with Crippen LogP contribution < -0.4 is 0 Å². The molecule has 0 N–H and O–H groups in total. The van der Waals surface area contributed by atoms with Gasteiger partial charge in [0.05, 0.1) is 6.04 Å². The van der Waals surface area contributed by atoms with Crippen LogP contribution >= 0.6 is 0 Å². The lowest BCUT2D eigenvalue weighted by atomic mass is 9.68. The Hall–Kier alpha value is -1.33. The van der Waals surface area contributed by atoms with E-state index < -0.39 is 5.60 Å². The van der Waals surface area contributed by atoms with Crippen molar-refractivity contribution in [3.8, 4) is 6.26 Å². The van der Waals surface area contributed by atoms with Crippen molar-refractivity contribution in [3.05, 3.63) is 0 Å². The number of nitrogens with zero attached hydrogens (tertiary/aromatic N) is 2. The molecule has 2 atom stereocenters. The number of ether oxygens (including phenoxy) is 1. The van der Waals surface area contributed by atoms with E-state index in [1.165, 1.54) is 0 Å². The highest BCUT2D eigenvalue weighted by molar-refractivity contribution is 5.33. The minimum absolute atomic E-state index is 0.0366. The van der Waals surface area contributed by atoms with E-state index in [-0.39, 0.29) is 11.5 Å². The standard InChI is InChI=1S/C11H16N2O2/c1-10(2)4-9(13-8-14)5-11(3,6-10)15-7-12/h9H,4-6H2,1-3H3. The molecule has 0 spiro atoms. The fourth-order valence-electron chi connectivity index (χ4n) is 2.72. The maximum atomic E-state index is 10.3. The first kappa shape index (κ1) is 11.7. The summed E-state index contributed by atoms with van der Waals surface area (Å²) in [5.41, 5.74) is -0.462. The van der Waals surface area contributed by atoms with Crippen LogP contribution in [-0.4, -0.2) is 17.7 Å². The second-order valence-electron chi connectivity index (χ2n) is 5.27. The predicted molar refractivity (Wildman–Crippen MR) is 54.6 cm³/mol. The average Bonchev–Trinajstić information content (AvgIpc) is 1.99. The molecule has 0 amide bonds. The lowest BCUT2D eigenvalue weighted by molar-refractivity contribution is -0.0327. The van der Waals surface area contributed by atoms with Gasteiger partial charge >= 0.3 is 0 Å². The fraction of sp³-hybridized carbons (Fsp3) is 0.818. The van der Waals surface area contributed by atoms with Crippen LogP contribution in [0.5, 0.6) is 0 Å². The molecule has 0 aliphatic heterocycles. The van der Waals surface area contributed by atoms with Gasteiger partial charge < -0.3 is 4.74 Å². The van der Waals surface area contributed by atoms with E-state index in [2.05, 4.69) is 18.8 Å². The number of nitriles is 1. The topological polar surface area (TPSA) is 62.4 Å². The van der Waals surface area contributed by atoms with Crippen LogP contribution in [0.2, 0.25) is 0 Å². The Balaban J connectivity index is 2.85. The summed E-state index contributed by atoms with van der Waals surface area (Å²) in [6, 6.07) is -0.0791. The Bertz CT molecular complexity index is 326. The largest absolute Gasteiger partial charge is 0.421 e.